The molecule has 1 saturated heterocycles. The largest absolute Gasteiger partial charge is 0.381 e. The molecule has 0 bridgehead atoms. The molecule has 1 aliphatic rings. The fraction of sp³-hybridized carbons (Fsp3) is 0.682. The Hall–Kier alpha value is -0.860. The lowest BCUT2D eigenvalue weighted by Crippen LogP contribution is -2.51. The van der Waals surface area contributed by atoms with Gasteiger partial charge in [0.2, 0.25) is 0 Å². The number of halogens is 1. The maximum atomic E-state index is 5.84. The van der Waals surface area contributed by atoms with Crippen molar-refractivity contribution in [3.63, 3.8) is 0 Å². The van der Waals surface area contributed by atoms with Gasteiger partial charge in [-0.25, -0.2) is 0 Å². The Bertz CT molecular complexity index is 570. The number of benzene rings is 1. The maximum Gasteiger partial charge on any atom is 0.191 e. The van der Waals surface area contributed by atoms with Gasteiger partial charge in [-0.3, -0.25) is 4.99 Å². The Morgan fingerprint density at radius 2 is 1.75 bits per heavy atom. The molecule has 1 aromatic carbocycles. The molecule has 5 nitrogen and oxygen atoms in total. The molecular formula is C22H38IN3O2. The van der Waals surface area contributed by atoms with Crippen LogP contribution in [0.2, 0.25) is 0 Å². The number of ether oxygens (including phenoxy) is 2. The summed E-state index contributed by atoms with van der Waals surface area (Å²) in [5.41, 5.74) is 1.27. The minimum absolute atomic E-state index is 0. The summed E-state index contributed by atoms with van der Waals surface area (Å²) in [5.74, 6) is 0.864. The van der Waals surface area contributed by atoms with E-state index in [9.17, 15) is 0 Å². The van der Waals surface area contributed by atoms with Gasteiger partial charge >= 0.3 is 0 Å². The summed E-state index contributed by atoms with van der Waals surface area (Å²) in [6.45, 7) is 10.5. The van der Waals surface area contributed by atoms with E-state index < -0.39 is 0 Å². The summed E-state index contributed by atoms with van der Waals surface area (Å²) >= 11 is 0. The molecule has 1 aromatic rings. The Labute approximate surface area is 188 Å². The quantitative estimate of drug-likeness (QED) is 0.303. The number of aliphatic imine (C=N–C) groups is 1. The highest BCUT2D eigenvalue weighted by molar-refractivity contribution is 14.0. The molecule has 0 saturated carbocycles. The fourth-order valence-corrected chi connectivity index (χ4v) is 3.78. The number of hydrogen-bond donors (Lipinski definition) is 2. The summed E-state index contributed by atoms with van der Waals surface area (Å²) in [6, 6.07) is 10.8. The lowest BCUT2D eigenvalue weighted by Gasteiger charge is -2.36. The van der Waals surface area contributed by atoms with Crippen molar-refractivity contribution in [2.75, 3.05) is 40.0 Å². The van der Waals surface area contributed by atoms with E-state index in [-0.39, 0.29) is 35.0 Å². The number of nitrogens with one attached hydrogen (secondary N) is 2. The SMILES string of the molecule is CCNC(=NCC(CC)(CC)c1ccccc1)NCC1(OC)CCOCC1.I. The van der Waals surface area contributed by atoms with Gasteiger partial charge in [-0.1, -0.05) is 44.2 Å². The standard InChI is InChI=1S/C22H37N3O2.HI/c1-5-21(6-2,19-11-9-8-10-12-19)17-24-20(23-7-3)25-18-22(26-4)13-15-27-16-14-22;/h8-12H,5-7,13-18H2,1-4H3,(H2,23,24,25);1H. The van der Waals surface area contributed by atoms with Gasteiger partial charge < -0.3 is 20.1 Å². The third kappa shape index (κ3) is 6.59. The Morgan fingerprint density at radius 1 is 1.11 bits per heavy atom. The van der Waals surface area contributed by atoms with Crippen molar-refractivity contribution in [2.45, 2.75) is 57.5 Å². The zero-order valence-corrected chi connectivity index (χ0v) is 20.3. The minimum atomic E-state index is -0.166. The summed E-state index contributed by atoms with van der Waals surface area (Å²) in [6.07, 6.45) is 3.95. The Kier molecular flexibility index (Phi) is 11.4. The van der Waals surface area contributed by atoms with Crippen LogP contribution in [0, 0.1) is 0 Å². The van der Waals surface area contributed by atoms with E-state index in [0.29, 0.717) is 0 Å². The van der Waals surface area contributed by atoms with Crippen LogP contribution in [0.15, 0.2) is 35.3 Å². The van der Waals surface area contributed by atoms with Gasteiger partial charge in [-0.2, -0.15) is 0 Å². The number of guanidine groups is 1. The van der Waals surface area contributed by atoms with Crippen LogP contribution in [-0.4, -0.2) is 51.5 Å². The lowest BCUT2D eigenvalue weighted by atomic mass is 9.76. The number of methoxy groups -OCH3 is 1. The van der Waals surface area contributed by atoms with Crippen molar-refractivity contribution >= 4 is 29.9 Å². The highest BCUT2D eigenvalue weighted by Gasteiger charge is 2.33. The third-order valence-corrected chi connectivity index (χ3v) is 6.04. The topological polar surface area (TPSA) is 54.9 Å². The van der Waals surface area contributed by atoms with E-state index in [1.165, 1.54) is 5.56 Å². The first-order valence-electron chi connectivity index (χ1n) is 10.3. The maximum absolute atomic E-state index is 5.84. The molecule has 2 rings (SSSR count). The monoisotopic (exact) mass is 503 g/mol. The molecule has 0 unspecified atom stereocenters. The first-order chi connectivity index (χ1) is 13.1. The van der Waals surface area contributed by atoms with Gasteiger partial charge in [0.15, 0.2) is 5.96 Å². The molecule has 6 heteroatoms. The second-order valence-electron chi connectivity index (χ2n) is 7.40. The average Bonchev–Trinajstić information content (AvgIpc) is 2.74. The summed E-state index contributed by atoms with van der Waals surface area (Å²) in [5, 5.41) is 6.90. The average molecular weight is 503 g/mol. The van der Waals surface area contributed by atoms with Crippen LogP contribution in [0.25, 0.3) is 0 Å². The summed E-state index contributed by atoms with van der Waals surface area (Å²) < 4.78 is 11.3. The van der Waals surface area contributed by atoms with E-state index in [4.69, 9.17) is 14.5 Å². The predicted octanol–water partition coefficient (Wildman–Crippen LogP) is 4.11. The molecule has 0 spiro atoms. The molecule has 160 valence electrons. The van der Waals surface area contributed by atoms with E-state index >= 15 is 0 Å². The number of nitrogens with zero attached hydrogens (tertiary/aromatic N) is 1. The summed E-state index contributed by atoms with van der Waals surface area (Å²) in [4.78, 5) is 4.96. The highest BCUT2D eigenvalue weighted by Crippen LogP contribution is 2.32. The lowest BCUT2D eigenvalue weighted by molar-refractivity contribution is -0.0855. The normalized spacial score (nSPS) is 16.9. The van der Waals surface area contributed by atoms with Gasteiger partial charge in [-0.15, -0.1) is 24.0 Å². The van der Waals surface area contributed by atoms with E-state index in [0.717, 1.165) is 64.5 Å². The molecular weight excluding hydrogens is 465 g/mol. The van der Waals surface area contributed by atoms with Crippen LogP contribution in [-0.2, 0) is 14.9 Å². The predicted molar refractivity (Wildman–Crippen MR) is 128 cm³/mol. The summed E-state index contributed by atoms with van der Waals surface area (Å²) in [7, 11) is 1.80. The zero-order chi connectivity index (χ0) is 19.6. The molecule has 0 aliphatic carbocycles. The number of rotatable bonds is 9. The third-order valence-electron chi connectivity index (χ3n) is 6.04. The van der Waals surface area contributed by atoms with E-state index in [1.807, 2.05) is 0 Å². The molecule has 0 radical (unpaired) electrons. The van der Waals surface area contributed by atoms with Crippen molar-refractivity contribution in [1.29, 1.82) is 0 Å². The van der Waals surface area contributed by atoms with Gasteiger partial charge in [0.25, 0.3) is 0 Å². The number of hydrogen-bond acceptors (Lipinski definition) is 3. The van der Waals surface area contributed by atoms with Crippen molar-refractivity contribution in [3.8, 4) is 0 Å². The molecule has 1 fully saturated rings. The second kappa shape index (κ2) is 12.6. The molecule has 1 aliphatic heterocycles. The molecule has 0 atom stereocenters. The minimum Gasteiger partial charge on any atom is -0.381 e. The van der Waals surface area contributed by atoms with Gasteiger partial charge in [0.1, 0.15) is 0 Å². The van der Waals surface area contributed by atoms with E-state index in [2.05, 4.69) is 61.7 Å². The Balaban J connectivity index is 0.00000392. The van der Waals surface area contributed by atoms with Crippen molar-refractivity contribution < 1.29 is 9.47 Å². The van der Waals surface area contributed by atoms with Gasteiger partial charge in [-0.05, 0) is 25.3 Å². The zero-order valence-electron chi connectivity index (χ0n) is 17.9. The van der Waals surface area contributed by atoms with Crippen molar-refractivity contribution in [1.82, 2.24) is 10.6 Å². The highest BCUT2D eigenvalue weighted by atomic mass is 127. The van der Waals surface area contributed by atoms with Crippen LogP contribution in [0.4, 0.5) is 0 Å². The first kappa shape index (κ1) is 25.2. The van der Waals surface area contributed by atoms with Crippen LogP contribution < -0.4 is 10.6 Å². The Morgan fingerprint density at radius 3 is 2.29 bits per heavy atom. The first-order valence-corrected chi connectivity index (χ1v) is 10.3. The molecule has 0 aromatic heterocycles. The van der Waals surface area contributed by atoms with Crippen molar-refractivity contribution in [2.24, 2.45) is 4.99 Å². The molecule has 2 N–H and O–H groups in total. The van der Waals surface area contributed by atoms with Gasteiger partial charge in [0.05, 0.1) is 12.1 Å². The van der Waals surface area contributed by atoms with Crippen LogP contribution in [0.1, 0.15) is 52.0 Å². The van der Waals surface area contributed by atoms with Crippen LogP contribution >= 0.6 is 24.0 Å². The molecule has 1 heterocycles. The van der Waals surface area contributed by atoms with Crippen LogP contribution in [0.5, 0.6) is 0 Å². The molecule has 28 heavy (non-hydrogen) atoms. The second-order valence-corrected chi connectivity index (χ2v) is 7.40. The molecule has 0 amide bonds. The van der Waals surface area contributed by atoms with Crippen LogP contribution in [0.3, 0.4) is 0 Å². The van der Waals surface area contributed by atoms with E-state index in [1.54, 1.807) is 7.11 Å². The van der Waals surface area contributed by atoms with Crippen molar-refractivity contribution in [3.05, 3.63) is 35.9 Å². The smallest absolute Gasteiger partial charge is 0.191 e. The van der Waals surface area contributed by atoms with Gasteiger partial charge in [0, 0.05) is 51.7 Å². The fourth-order valence-electron chi connectivity index (χ4n) is 3.78.